The van der Waals surface area contributed by atoms with Crippen molar-refractivity contribution in [2.45, 2.75) is 40.0 Å². The molecule has 1 radical (unpaired) electrons. The molecule has 1 aliphatic rings. The number of hydrogen-bond donors (Lipinski definition) is 0. The van der Waals surface area contributed by atoms with Gasteiger partial charge in [-0.1, -0.05) is 33.8 Å². The van der Waals surface area contributed by atoms with E-state index in [1.807, 2.05) is 20.8 Å². The quantitative estimate of drug-likeness (QED) is 0.515. The molecule has 0 amide bonds. The Kier molecular flexibility index (Phi) is 3.48. The first-order valence-electron chi connectivity index (χ1n) is 5.43. The molecule has 0 spiro atoms. The Hall–Kier alpha value is -0.920. The molecule has 0 saturated heterocycles. The lowest BCUT2D eigenvalue weighted by Crippen LogP contribution is -2.31. The van der Waals surface area contributed by atoms with Crippen LogP contribution >= 0.6 is 0 Å². The molecule has 0 bridgehead atoms. The van der Waals surface area contributed by atoms with E-state index in [4.69, 9.17) is 0 Å². The van der Waals surface area contributed by atoms with Crippen LogP contribution in [0.1, 0.15) is 40.0 Å². The lowest BCUT2D eigenvalue weighted by atomic mass is 9.73. The second kappa shape index (κ2) is 4.30. The Bertz CT molecular complexity index is 288. The molecule has 1 aliphatic carbocycles. The maximum Gasteiger partial charge on any atom is 0.166 e. The van der Waals surface area contributed by atoms with Gasteiger partial charge < -0.3 is 0 Å². The molecular formula is C13H19O2. The van der Waals surface area contributed by atoms with Crippen LogP contribution in [0.25, 0.3) is 0 Å². The molecule has 0 aromatic carbocycles. The highest BCUT2D eigenvalue weighted by atomic mass is 16.1. The van der Waals surface area contributed by atoms with Crippen LogP contribution in [0, 0.1) is 18.3 Å². The Morgan fingerprint density at radius 2 is 1.80 bits per heavy atom. The van der Waals surface area contributed by atoms with Crippen LogP contribution in [-0.4, -0.2) is 11.6 Å². The number of ketones is 2. The van der Waals surface area contributed by atoms with Crippen molar-refractivity contribution in [3.63, 3.8) is 0 Å². The van der Waals surface area contributed by atoms with Crippen LogP contribution in [0.5, 0.6) is 0 Å². The maximum absolute atomic E-state index is 11.8. The van der Waals surface area contributed by atoms with E-state index in [1.54, 1.807) is 6.08 Å². The second-order valence-electron chi connectivity index (χ2n) is 5.21. The van der Waals surface area contributed by atoms with Crippen molar-refractivity contribution in [2.24, 2.45) is 11.3 Å². The molecule has 1 atom stereocenters. The fourth-order valence-corrected chi connectivity index (χ4v) is 1.83. The summed E-state index contributed by atoms with van der Waals surface area (Å²) in [6.07, 6.45) is 3.46. The molecule has 0 heterocycles. The third kappa shape index (κ3) is 3.01. The fraction of sp³-hybridized carbons (Fsp3) is 0.615. The molecule has 83 valence electrons. The SMILES string of the molecule is [CH2]CC(C)C=C1C(=O)CC(C)(C)CC1=O. The van der Waals surface area contributed by atoms with Crippen LogP contribution in [0.2, 0.25) is 0 Å². The van der Waals surface area contributed by atoms with E-state index in [2.05, 4.69) is 6.92 Å². The van der Waals surface area contributed by atoms with Gasteiger partial charge in [-0.05, 0) is 17.8 Å². The third-order valence-corrected chi connectivity index (χ3v) is 2.79. The Labute approximate surface area is 91.7 Å². The minimum atomic E-state index is -0.167. The Morgan fingerprint density at radius 1 is 1.33 bits per heavy atom. The van der Waals surface area contributed by atoms with Gasteiger partial charge in [0.05, 0.1) is 5.57 Å². The van der Waals surface area contributed by atoms with Gasteiger partial charge in [-0.15, -0.1) is 0 Å². The molecule has 1 unspecified atom stereocenters. The highest BCUT2D eigenvalue weighted by Gasteiger charge is 2.35. The standard InChI is InChI=1S/C13H19O2/c1-5-9(2)6-10-11(14)7-13(3,4)8-12(10)15/h6,9H,1,5,7-8H2,2-4H3. The lowest BCUT2D eigenvalue weighted by Gasteiger charge is -2.28. The first-order chi connectivity index (χ1) is 6.85. The van der Waals surface area contributed by atoms with Crippen molar-refractivity contribution in [3.05, 3.63) is 18.6 Å². The zero-order valence-electron chi connectivity index (χ0n) is 9.80. The largest absolute Gasteiger partial charge is 0.294 e. The summed E-state index contributed by atoms with van der Waals surface area (Å²) in [6, 6.07) is 0. The molecule has 1 saturated carbocycles. The van der Waals surface area contributed by atoms with Crippen LogP contribution < -0.4 is 0 Å². The van der Waals surface area contributed by atoms with Crippen molar-refractivity contribution in [1.82, 2.24) is 0 Å². The zero-order chi connectivity index (χ0) is 11.6. The van der Waals surface area contributed by atoms with E-state index in [-0.39, 0.29) is 22.9 Å². The van der Waals surface area contributed by atoms with Crippen molar-refractivity contribution in [1.29, 1.82) is 0 Å². The molecule has 0 aromatic heterocycles. The first kappa shape index (κ1) is 12.2. The Morgan fingerprint density at radius 3 is 2.20 bits per heavy atom. The van der Waals surface area contributed by atoms with Gasteiger partial charge >= 0.3 is 0 Å². The number of rotatable bonds is 2. The van der Waals surface area contributed by atoms with E-state index < -0.39 is 0 Å². The van der Waals surface area contributed by atoms with Crippen LogP contribution in [-0.2, 0) is 9.59 Å². The van der Waals surface area contributed by atoms with Gasteiger partial charge in [0, 0.05) is 12.8 Å². The van der Waals surface area contributed by atoms with Crippen molar-refractivity contribution < 1.29 is 9.59 Å². The number of Topliss-reactive ketones (excluding diaryl/α,β-unsaturated/α-hetero) is 2. The molecule has 1 rings (SSSR count). The summed E-state index contributed by atoms with van der Waals surface area (Å²) in [6.45, 7) is 9.66. The molecule has 2 nitrogen and oxygen atoms in total. The predicted octanol–water partition coefficient (Wildman–Crippen LogP) is 2.73. The van der Waals surface area contributed by atoms with E-state index >= 15 is 0 Å². The molecule has 0 N–H and O–H groups in total. The maximum atomic E-state index is 11.8. The number of carbonyl (C=O) groups is 2. The minimum absolute atomic E-state index is 0.00319. The van der Waals surface area contributed by atoms with Gasteiger partial charge in [0.15, 0.2) is 11.6 Å². The van der Waals surface area contributed by atoms with Gasteiger partial charge in [0.25, 0.3) is 0 Å². The van der Waals surface area contributed by atoms with E-state index in [1.165, 1.54) is 0 Å². The summed E-state index contributed by atoms with van der Waals surface area (Å²) < 4.78 is 0. The van der Waals surface area contributed by atoms with E-state index in [9.17, 15) is 9.59 Å². The van der Waals surface area contributed by atoms with Crippen LogP contribution in [0.4, 0.5) is 0 Å². The third-order valence-electron chi connectivity index (χ3n) is 2.79. The van der Waals surface area contributed by atoms with Crippen molar-refractivity contribution in [2.75, 3.05) is 0 Å². The smallest absolute Gasteiger partial charge is 0.166 e. The fourth-order valence-electron chi connectivity index (χ4n) is 1.83. The second-order valence-corrected chi connectivity index (χ2v) is 5.21. The van der Waals surface area contributed by atoms with Crippen molar-refractivity contribution >= 4 is 11.6 Å². The van der Waals surface area contributed by atoms with Crippen molar-refractivity contribution in [3.8, 4) is 0 Å². The van der Waals surface area contributed by atoms with Gasteiger partial charge in [0.1, 0.15) is 0 Å². The molecule has 0 aromatic rings. The highest BCUT2D eigenvalue weighted by molar-refractivity contribution is 6.22. The number of allylic oxidation sites excluding steroid dienone is 2. The van der Waals surface area contributed by atoms with Gasteiger partial charge in [-0.25, -0.2) is 0 Å². The molecule has 2 heteroatoms. The van der Waals surface area contributed by atoms with Gasteiger partial charge in [-0.2, -0.15) is 0 Å². The topological polar surface area (TPSA) is 34.1 Å². The van der Waals surface area contributed by atoms with Crippen LogP contribution in [0.3, 0.4) is 0 Å². The highest BCUT2D eigenvalue weighted by Crippen LogP contribution is 2.34. The van der Waals surface area contributed by atoms with Gasteiger partial charge in [0.2, 0.25) is 0 Å². The van der Waals surface area contributed by atoms with E-state index in [0.29, 0.717) is 24.8 Å². The first-order valence-corrected chi connectivity index (χ1v) is 5.43. The predicted molar refractivity (Wildman–Crippen MR) is 60.3 cm³/mol. The van der Waals surface area contributed by atoms with Gasteiger partial charge in [-0.3, -0.25) is 9.59 Å². The lowest BCUT2D eigenvalue weighted by molar-refractivity contribution is -0.127. The van der Waals surface area contributed by atoms with Crippen LogP contribution in [0.15, 0.2) is 11.6 Å². The zero-order valence-corrected chi connectivity index (χ0v) is 9.80. The minimum Gasteiger partial charge on any atom is -0.294 e. The molecule has 1 fully saturated rings. The average Bonchev–Trinajstić information content (AvgIpc) is 2.09. The number of hydrogen-bond acceptors (Lipinski definition) is 2. The Balaban J connectivity index is 2.89. The monoisotopic (exact) mass is 207 g/mol. The summed E-state index contributed by atoms with van der Waals surface area (Å²) >= 11 is 0. The molecular weight excluding hydrogens is 188 g/mol. The summed E-state index contributed by atoms with van der Waals surface area (Å²) in [5.41, 5.74) is 0.240. The number of carbonyl (C=O) groups excluding carboxylic acids is 2. The molecule has 15 heavy (non-hydrogen) atoms. The van der Waals surface area contributed by atoms with E-state index in [0.717, 1.165) is 0 Å². The summed E-state index contributed by atoms with van der Waals surface area (Å²) in [7, 11) is 0. The molecule has 0 aliphatic heterocycles. The summed E-state index contributed by atoms with van der Waals surface area (Å²) in [4.78, 5) is 23.5. The normalized spacial score (nSPS) is 22.8. The summed E-state index contributed by atoms with van der Waals surface area (Å²) in [5, 5.41) is 0. The summed E-state index contributed by atoms with van der Waals surface area (Å²) in [5.74, 6) is 0.196. The average molecular weight is 207 g/mol.